The van der Waals surface area contributed by atoms with Crippen molar-refractivity contribution in [1.82, 2.24) is 0 Å². The van der Waals surface area contributed by atoms with Crippen LogP contribution in [-0.4, -0.2) is 49.5 Å². The third-order valence-corrected chi connectivity index (χ3v) is 0. The summed E-state index contributed by atoms with van der Waals surface area (Å²) in [4.78, 5) is 0. The maximum Gasteiger partial charge on any atom is 2.00 e. The van der Waals surface area contributed by atoms with E-state index < -0.39 is 41.0 Å². The second-order valence-electron chi connectivity index (χ2n) is 0.447. The van der Waals surface area contributed by atoms with Crippen LogP contribution < -0.4 is 6.80 Å². The standard InChI is InChI=1S/Bi.Nb.6O.Pb/q;;;;;;2*-1;+2. The minimum atomic E-state index is -4.34. The van der Waals surface area contributed by atoms with E-state index in [9.17, 15) is 0 Å². The molecule has 0 aliphatic rings. The van der Waals surface area contributed by atoms with Gasteiger partial charge in [-0.1, -0.05) is 0 Å². The second kappa shape index (κ2) is 12.4. The van der Waals surface area contributed by atoms with Crippen LogP contribution in [0.3, 0.4) is 0 Å². The molecule has 0 saturated carbocycles. The number of hydrogen-bond acceptors (Lipinski definition) is 6. The van der Waals surface area contributed by atoms with Gasteiger partial charge in [0.05, 0.1) is 0 Å². The van der Waals surface area contributed by atoms with Crippen molar-refractivity contribution < 1.29 is 37.7 Å². The van der Waals surface area contributed by atoms with E-state index in [2.05, 4.69) is 0 Å². The van der Waals surface area contributed by atoms with Crippen molar-refractivity contribution in [2.24, 2.45) is 0 Å². The molecule has 0 N–H and O–H groups in total. The molecular weight excluding hydrogens is 605 g/mol. The molecule has 9 heavy (non-hydrogen) atoms. The first-order chi connectivity index (χ1) is 3.46. The van der Waals surface area contributed by atoms with Crippen molar-refractivity contribution in [2.45, 2.75) is 0 Å². The minimum absolute atomic E-state index is 0. The van der Waals surface area contributed by atoms with Crippen LogP contribution in [0.5, 0.6) is 0 Å². The first kappa shape index (κ1) is 17.0. The van der Waals surface area contributed by atoms with Crippen molar-refractivity contribution >= 4 is 49.5 Å². The predicted octanol–water partition coefficient (Wildman–Crippen LogP) is -3.62. The molecular formula is BiNbO6Pb. The Balaban J connectivity index is -0.0000000720. The summed E-state index contributed by atoms with van der Waals surface area (Å²) in [5, 5.41) is 0. The van der Waals surface area contributed by atoms with Gasteiger partial charge in [-0.15, -0.1) is 0 Å². The summed E-state index contributed by atoms with van der Waals surface area (Å²) in [5.74, 6) is 0. The Hall–Kier alpha value is 1.67. The molecule has 0 fully saturated rings. The summed E-state index contributed by atoms with van der Waals surface area (Å²) in [5.41, 5.74) is 0. The van der Waals surface area contributed by atoms with Crippen LogP contribution in [-0.2, 0) is 30.9 Å². The molecule has 0 amide bonds. The van der Waals surface area contributed by atoms with E-state index in [1.807, 2.05) is 0 Å². The zero-order valence-electron chi connectivity index (χ0n) is 3.84. The monoisotopic (exact) mass is 606 g/mol. The van der Waals surface area contributed by atoms with Gasteiger partial charge >= 0.3 is 87.2 Å². The largest absolute Gasteiger partial charge is 2.00 e. The smallest absolute Gasteiger partial charge is 2.00 e. The zero-order chi connectivity index (χ0) is 7.15. The van der Waals surface area contributed by atoms with E-state index in [1.165, 1.54) is 0 Å². The summed E-state index contributed by atoms with van der Waals surface area (Å²) in [6.07, 6.45) is 0. The molecule has 0 aromatic rings. The second-order valence-corrected chi connectivity index (χ2v) is 3.29. The molecule has 0 aliphatic heterocycles. The van der Waals surface area contributed by atoms with Crippen LogP contribution in [0.15, 0.2) is 0 Å². The summed E-state index contributed by atoms with van der Waals surface area (Å²) in [6.45, 7) is 0. The normalized spacial score (nSPS) is 5.56. The van der Waals surface area contributed by atoms with E-state index in [-0.39, 0.29) is 27.3 Å². The Bertz CT molecular complexity index is 130. The number of rotatable bonds is 0. The van der Waals surface area contributed by atoms with Gasteiger partial charge in [-0.25, -0.2) is 0 Å². The molecule has 0 spiro atoms. The van der Waals surface area contributed by atoms with Gasteiger partial charge < -0.3 is 0 Å². The molecule has 0 aromatic heterocycles. The maximum atomic E-state index is 8.62. The third kappa shape index (κ3) is 205. The Morgan fingerprint density at radius 1 is 1.22 bits per heavy atom. The number of hydrogen-bond donors (Lipinski definition) is 0. The van der Waals surface area contributed by atoms with Crippen LogP contribution in [0.4, 0.5) is 0 Å². The van der Waals surface area contributed by atoms with E-state index >= 15 is 0 Å². The van der Waals surface area contributed by atoms with Crippen molar-refractivity contribution in [3.05, 3.63) is 0 Å². The van der Waals surface area contributed by atoms with E-state index in [0.717, 1.165) is 0 Å². The van der Waals surface area contributed by atoms with Crippen molar-refractivity contribution in [2.75, 3.05) is 0 Å². The van der Waals surface area contributed by atoms with Crippen molar-refractivity contribution in [3.63, 3.8) is 0 Å². The van der Waals surface area contributed by atoms with E-state index in [1.54, 1.807) is 0 Å². The van der Waals surface area contributed by atoms with Gasteiger partial charge in [-0.05, 0) is 0 Å². The van der Waals surface area contributed by atoms with Gasteiger partial charge in [0.1, 0.15) is 0 Å². The van der Waals surface area contributed by atoms with Crippen LogP contribution in [0.25, 0.3) is 0 Å². The molecule has 2 radical (unpaired) electrons. The fraction of sp³-hybridized carbons (Fsp3) is 0. The molecule has 0 heterocycles. The minimum Gasteiger partial charge on any atom is 2.00 e. The van der Waals surface area contributed by atoms with Gasteiger partial charge in [0.15, 0.2) is 0 Å². The molecule has 0 atom stereocenters. The first-order valence-electron chi connectivity index (χ1n) is 1.10. The predicted molar refractivity (Wildman–Crippen MR) is 14.3 cm³/mol. The molecule has 50 valence electrons. The quantitative estimate of drug-likeness (QED) is 0.264. The Labute approximate surface area is 85.9 Å². The van der Waals surface area contributed by atoms with Crippen LogP contribution in [0.1, 0.15) is 0 Å². The Morgan fingerprint density at radius 2 is 1.22 bits per heavy atom. The molecule has 0 aromatic carbocycles. The molecule has 0 saturated heterocycles. The SMILES string of the molecule is [O]=[Bi](=[O])[O-].[O]=[Nb](=[O])[O-].[Pb+2]. The summed E-state index contributed by atoms with van der Waals surface area (Å²) < 4.78 is 51.7. The molecule has 0 rings (SSSR count). The first-order valence-corrected chi connectivity index (χ1v) is 8.05. The fourth-order valence-corrected chi connectivity index (χ4v) is 0. The maximum absolute atomic E-state index is 8.62. The van der Waals surface area contributed by atoms with Crippen LogP contribution >= 0.6 is 0 Å². The van der Waals surface area contributed by atoms with Crippen molar-refractivity contribution in [3.8, 4) is 0 Å². The average Bonchev–Trinajstić information content (AvgIpc) is 1.25. The Kier molecular flexibility index (Phi) is 23.3. The molecule has 0 bridgehead atoms. The topological polar surface area (TPSA) is 114 Å². The summed E-state index contributed by atoms with van der Waals surface area (Å²) in [6, 6.07) is 0. The molecule has 6 nitrogen and oxygen atoms in total. The molecule has 0 aliphatic carbocycles. The Morgan fingerprint density at radius 3 is 1.22 bits per heavy atom. The van der Waals surface area contributed by atoms with Gasteiger partial charge in [0, 0.05) is 0 Å². The molecule has 0 unspecified atom stereocenters. The zero-order valence-corrected chi connectivity index (χ0v) is 13.4. The van der Waals surface area contributed by atoms with Gasteiger partial charge in [-0.3, -0.25) is 0 Å². The average molecular weight is 605 g/mol. The van der Waals surface area contributed by atoms with Gasteiger partial charge in [-0.2, -0.15) is 0 Å². The summed E-state index contributed by atoms with van der Waals surface area (Å²) in [7, 11) is 0. The van der Waals surface area contributed by atoms with Crippen LogP contribution in [0, 0.1) is 0 Å². The third-order valence-electron chi connectivity index (χ3n) is 0. The summed E-state index contributed by atoms with van der Waals surface area (Å²) >= 11 is -8.54. The molecule has 9 heteroatoms. The van der Waals surface area contributed by atoms with Gasteiger partial charge in [0.25, 0.3) is 0 Å². The van der Waals surface area contributed by atoms with Gasteiger partial charge in [0.2, 0.25) is 0 Å². The van der Waals surface area contributed by atoms with Crippen molar-refractivity contribution in [1.29, 1.82) is 0 Å². The van der Waals surface area contributed by atoms with E-state index in [4.69, 9.17) is 18.9 Å². The van der Waals surface area contributed by atoms with E-state index in [0.29, 0.717) is 0 Å². The van der Waals surface area contributed by atoms with Crippen LogP contribution in [0.2, 0.25) is 0 Å². The fourth-order valence-electron chi connectivity index (χ4n) is 0.